The summed E-state index contributed by atoms with van der Waals surface area (Å²) >= 11 is 0. The summed E-state index contributed by atoms with van der Waals surface area (Å²) < 4.78 is 31.7. The lowest BCUT2D eigenvalue weighted by Gasteiger charge is -2.24. The number of ether oxygens (including phenoxy) is 1. The van der Waals surface area contributed by atoms with Crippen LogP contribution in [0.5, 0.6) is 5.75 Å². The zero-order chi connectivity index (χ0) is 28.4. The molecule has 0 aliphatic carbocycles. The molecule has 0 fully saturated rings. The van der Waals surface area contributed by atoms with Crippen molar-refractivity contribution < 1.29 is 22.7 Å². The molecule has 0 spiro atoms. The first-order valence-corrected chi connectivity index (χ1v) is 15.3. The number of hydrogen-bond donors (Lipinski definition) is 2. The van der Waals surface area contributed by atoms with E-state index < -0.39 is 9.84 Å². The second-order valence-corrected chi connectivity index (χ2v) is 12.2. The van der Waals surface area contributed by atoms with Gasteiger partial charge in [-0.25, -0.2) is 8.42 Å². The van der Waals surface area contributed by atoms with E-state index >= 15 is 0 Å². The van der Waals surface area contributed by atoms with Gasteiger partial charge in [-0.3, -0.25) is 14.5 Å². The molecule has 0 saturated carbocycles. The topological polar surface area (TPSA) is 105 Å². The Bertz CT molecular complexity index is 1390. The molecule has 8 nitrogen and oxygen atoms in total. The van der Waals surface area contributed by atoms with Gasteiger partial charge in [0.2, 0.25) is 5.91 Å². The zero-order valence-electron chi connectivity index (χ0n) is 22.9. The molecule has 1 aliphatic heterocycles. The zero-order valence-corrected chi connectivity index (χ0v) is 23.7. The predicted molar refractivity (Wildman–Crippen MR) is 155 cm³/mol. The van der Waals surface area contributed by atoms with Gasteiger partial charge in [-0.15, -0.1) is 0 Å². The normalized spacial score (nSPS) is 15.4. The first-order valence-electron chi connectivity index (χ1n) is 13.7. The molecule has 1 aliphatic rings. The smallest absolute Gasteiger partial charge is 0.251 e. The maximum atomic E-state index is 13.4. The molecule has 0 saturated heterocycles. The van der Waals surface area contributed by atoms with E-state index in [4.69, 9.17) is 4.74 Å². The number of rotatable bonds is 7. The van der Waals surface area contributed by atoms with Gasteiger partial charge in [0.25, 0.3) is 5.91 Å². The van der Waals surface area contributed by atoms with Crippen molar-refractivity contribution in [3.8, 4) is 5.75 Å². The summed E-state index contributed by atoms with van der Waals surface area (Å²) in [5, 5.41) is 5.78. The highest BCUT2D eigenvalue weighted by Crippen LogP contribution is 2.26. The van der Waals surface area contributed by atoms with E-state index in [-0.39, 0.29) is 35.6 Å². The van der Waals surface area contributed by atoms with Crippen LogP contribution in [0.4, 0.5) is 0 Å². The van der Waals surface area contributed by atoms with Crippen molar-refractivity contribution in [2.24, 2.45) is 0 Å². The van der Waals surface area contributed by atoms with Crippen LogP contribution in [0, 0.1) is 6.92 Å². The number of benzene rings is 3. The molecule has 212 valence electrons. The molecule has 9 heteroatoms. The molecule has 0 bridgehead atoms. The molecule has 2 N–H and O–H groups in total. The van der Waals surface area contributed by atoms with Crippen molar-refractivity contribution in [1.29, 1.82) is 0 Å². The van der Waals surface area contributed by atoms with Gasteiger partial charge in [-0.1, -0.05) is 54.1 Å². The van der Waals surface area contributed by atoms with Crippen LogP contribution in [0.25, 0.3) is 0 Å². The van der Waals surface area contributed by atoms with E-state index in [2.05, 4.69) is 10.6 Å². The van der Waals surface area contributed by atoms with Gasteiger partial charge in [0.05, 0.1) is 23.8 Å². The van der Waals surface area contributed by atoms with Crippen molar-refractivity contribution in [2.45, 2.75) is 44.2 Å². The molecule has 2 amide bonds. The minimum atomic E-state index is -3.54. The fourth-order valence-electron chi connectivity index (χ4n) is 4.64. The van der Waals surface area contributed by atoms with Crippen LogP contribution in [-0.2, 0) is 27.7 Å². The van der Waals surface area contributed by atoms with Gasteiger partial charge < -0.3 is 15.4 Å². The average molecular weight is 564 g/mol. The molecular formula is C31H37N3O5S. The second kappa shape index (κ2) is 14.1. The molecule has 1 heterocycles. The Morgan fingerprint density at radius 2 is 1.73 bits per heavy atom. The Hall–Kier alpha value is -3.69. The highest BCUT2D eigenvalue weighted by Gasteiger charge is 2.22. The third-order valence-electron chi connectivity index (χ3n) is 6.81. The van der Waals surface area contributed by atoms with Gasteiger partial charge in [0.1, 0.15) is 5.75 Å². The number of aryl methyl sites for hydroxylation is 1. The van der Waals surface area contributed by atoms with Crippen LogP contribution >= 0.6 is 0 Å². The highest BCUT2D eigenvalue weighted by atomic mass is 32.2. The predicted octanol–water partition coefficient (Wildman–Crippen LogP) is 3.88. The summed E-state index contributed by atoms with van der Waals surface area (Å²) in [6.45, 7) is 3.97. The SMILES string of the molecule is Cc1ccc(S(=O)(=O)CCNC(=O)c2cccc3c2CN(Cc2ccccc2)CC(=O)NCCCCCO3)cc1. The fraction of sp³-hybridized carbons (Fsp3) is 0.355. The molecule has 0 unspecified atom stereocenters. The van der Waals surface area contributed by atoms with Crippen molar-refractivity contribution in [3.05, 3.63) is 95.1 Å². The van der Waals surface area contributed by atoms with Crippen molar-refractivity contribution in [3.63, 3.8) is 0 Å². The summed E-state index contributed by atoms with van der Waals surface area (Å²) in [4.78, 5) is 28.4. The lowest BCUT2D eigenvalue weighted by Crippen LogP contribution is -2.37. The van der Waals surface area contributed by atoms with E-state index in [0.717, 1.165) is 30.4 Å². The Balaban J connectivity index is 1.55. The summed E-state index contributed by atoms with van der Waals surface area (Å²) in [5.41, 5.74) is 3.09. The largest absolute Gasteiger partial charge is 0.493 e. The molecule has 3 aromatic rings. The standard InChI is InChI=1S/C31H37N3O5S/c1-24-13-15-26(16-14-24)40(37,38)20-18-33-31(36)27-11-8-12-29-28(27)22-34(21-25-9-4-2-5-10-25)23-30(35)32-17-6-3-7-19-39-29/h2,4-5,8-16H,3,6-7,17-23H2,1H3,(H,32,35)(H,33,36). The molecule has 0 aromatic heterocycles. The quantitative estimate of drug-likeness (QED) is 0.452. The monoisotopic (exact) mass is 563 g/mol. The lowest BCUT2D eigenvalue weighted by atomic mass is 10.0. The van der Waals surface area contributed by atoms with Crippen molar-refractivity contribution in [1.82, 2.24) is 15.5 Å². The van der Waals surface area contributed by atoms with Crippen molar-refractivity contribution in [2.75, 3.05) is 32.0 Å². The van der Waals surface area contributed by atoms with Gasteiger partial charge in [-0.2, -0.15) is 0 Å². The number of nitrogens with one attached hydrogen (secondary N) is 2. The average Bonchev–Trinajstić information content (AvgIpc) is 2.94. The fourth-order valence-corrected chi connectivity index (χ4v) is 5.80. The Labute approximate surface area is 236 Å². The van der Waals surface area contributed by atoms with Gasteiger partial charge in [0.15, 0.2) is 9.84 Å². The van der Waals surface area contributed by atoms with E-state index in [1.54, 1.807) is 36.4 Å². The van der Waals surface area contributed by atoms with E-state index in [1.807, 2.05) is 48.2 Å². The number of fused-ring (bicyclic) bond motifs is 1. The summed E-state index contributed by atoms with van der Waals surface area (Å²) in [6.07, 6.45) is 2.61. The Morgan fingerprint density at radius 3 is 2.50 bits per heavy atom. The van der Waals surface area contributed by atoms with Crippen LogP contribution in [0.1, 0.15) is 46.3 Å². The number of hydrogen-bond acceptors (Lipinski definition) is 6. The number of carbonyl (C=O) groups excluding carboxylic acids is 2. The third-order valence-corrected chi connectivity index (χ3v) is 8.54. The molecule has 3 aromatic carbocycles. The number of sulfone groups is 1. The third kappa shape index (κ3) is 8.40. The Morgan fingerprint density at radius 1 is 0.950 bits per heavy atom. The molecular weight excluding hydrogens is 526 g/mol. The van der Waals surface area contributed by atoms with Gasteiger partial charge in [-0.05, 0) is 56.0 Å². The maximum Gasteiger partial charge on any atom is 0.251 e. The Kier molecular flexibility index (Phi) is 10.3. The van der Waals surface area contributed by atoms with Crippen LogP contribution in [0.3, 0.4) is 0 Å². The van der Waals surface area contributed by atoms with E-state index in [0.29, 0.717) is 43.1 Å². The number of amides is 2. The van der Waals surface area contributed by atoms with Gasteiger partial charge in [0, 0.05) is 37.3 Å². The van der Waals surface area contributed by atoms with Crippen molar-refractivity contribution >= 4 is 21.7 Å². The molecule has 40 heavy (non-hydrogen) atoms. The van der Waals surface area contributed by atoms with E-state index in [9.17, 15) is 18.0 Å². The number of nitrogens with zero attached hydrogens (tertiary/aromatic N) is 1. The lowest BCUT2D eigenvalue weighted by molar-refractivity contribution is -0.122. The van der Waals surface area contributed by atoms with Crippen LogP contribution in [-0.4, -0.2) is 57.1 Å². The minimum Gasteiger partial charge on any atom is -0.493 e. The van der Waals surface area contributed by atoms with E-state index in [1.165, 1.54) is 0 Å². The highest BCUT2D eigenvalue weighted by molar-refractivity contribution is 7.91. The van der Waals surface area contributed by atoms with Crippen LogP contribution in [0.15, 0.2) is 77.7 Å². The van der Waals surface area contributed by atoms with Gasteiger partial charge >= 0.3 is 0 Å². The minimum absolute atomic E-state index is 0.0320. The summed E-state index contributed by atoms with van der Waals surface area (Å²) in [6, 6.07) is 21.9. The molecule has 4 rings (SSSR count). The second-order valence-electron chi connectivity index (χ2n) is 10.1. The first kappa shape index (κ1) is 29.3. The molecule has 0 atom stereocenters. The molecule has 0 radical (unpaired) electrons. The van der Waals surface area contributed by atoms with Crippen LogP contribution in [0.2, 0.25) is 0 Å². The maximum absolute atomic E-state index is 13.4. The summed E-state index contributed by atoms with van der Waals surface area (Å²) in [5.74, 6) is -0.0697. The summed E-state index contributed by atoms with van der Waals surface area (Å²) in [7, 11) is -3.54. The number of carbonyl (C=O) groups is 2. The van der Waals surface area contributed by atoms with Crippen LogP contribution < -0.4 is 15.4 Å². The first-order chi connectivity index (χ1) is 19.3.